The molecule has 28 heavy (non-hydrogen) atoms. The number of nitrogens with zero attached hydrogens (tertiary/aromatic N) is 3. The van der Waals surface area contributed by atoms with Crippen LogP contribution in [-0.4, -0.2) is 28.0 Å². The second-order valence-corrected chi connectivity index (χ2v) is 9.07. The van der Waals surface area contributed by atoms with Crippen LogP contribution >= 0.6 is 0 Å². The van der Waals surface area contributed by atoms with Crippen LogP contribution in [0.1, 0.15) is 53.3 Å². The van der Waals surface area contributed by atoms with E-state index in [1.165, 1.54) is 41.3 Å². The predicted molar refractivity (Wildman–Crippen MR) is 116 cm³/mol. The number of hydrogen-bond acceptors (Lipinski definition) is 2. The molecule has 1 aliphatic heterocycles. The average molecular weight is 374 g/mol. The molecule has 2 aromatic heterocycles. The van der Waals surface area contributed by atoms with Crippen LogP contribution in [0.25, 0.3) is 10.9 Å². The van der Waals surface area contributed by atoms with Crippen molar-refractivity contribution < 1.29 is 0 Å². The van der Waals surface area contributed by atoms with Gasteiger partial charge in [0.2, 0.25) is 0 Å². The molecule has 0 amide bonds. The smallest absolute Gasteiger partial charge is 0.0486 e. The number of benzene rings is 1. The van der Waals surface area contributed by atoms with Gasteiger partial charge in [-0.2, -0.15) is 0 Å². The van der Waals surface area contributed by atoms with Crippen LogP contribution in [0.3, 0.4) is 0 Å². The molecule has 146 valence electrons. The van der Waals surface area contributed by atoms with Crippen molar-refractivity contribution in [2.75, 3.05) is 13.6 Å². The fourth-order valence-corrected chi connectivity index (χ4v) is 5.17. The van der Waals surface area contributed by atoms with Gasteiger partial charge in [0.15, 0.2) is 0 Å². The molecule has 1 saturated carbocycles. The van der Waals surface area contributed by atoms with Crippen molar-refractivity contribution in [3.05, 3.63) is 64.6 Å². The normalized spacial score (nSPS) is 18.8. The minimum Gasteiger partial charge on any atom is -0.344 e. The predicted octanol–water partition coefficient (Wildman–Crippen LogP) is 5.22. The van der Waals surface area contributed by atoms with Crippen LogP contribution in [-0.2, 0) is 19.5 Å². The van der Waals surface area contributed by atoms with Crippen molar-refractivity contribution in [1.29, 1.82) is 0 Å². The molecule has 0 N–H and O–H groups in total. The summed E-state index contributed by atoms with van der Waals surface area (Å²) < 4.78 is 2.67. The van der Waals surface area contributed by atoms with Gasteiger partial charge in [-0.1, -0.05) is 24.1 Å². The van der Waals surface area contributed by atoms with E-state index in [0.29, 0.717) is 5.92 Å². The summed E-state index contributed by atoms with van der Waals surface area (Å²) in [5.41, 5.74) is 8.45. The van der Waals surface area contributed by atoms with Crippen molar-refractivity contribution in [1.82, 2.24) is 14.5 Å². The van der Waals surface area contributed by atoms with Crippen molar-refractivity contribution in [2.45, 2.75) is 58.5 Å². The van der Waals surface area contributed by atoms with E-state index < -0.39 is 0 Å². The number of hydrogen-bond donors (Lipinski definition) is 0. The number of aryl methyl sites for hydroxylation is 2. The third-order valence-corrected chi connectivity index (χ3v) is 7.06. The first-order valence-electron chi connectivity index (χ1n) is 10.8. The number of aromatic nitrogens is 2. The largest absolute Gasteiger partial charge is 0.344 e. The topological polar surface area (TPSA) is 21.1 Å². The Kier molecular flexibility index (Phi) is 4.51. The fourth-order valence-electron chi connectivity index (χ4n) is 5.17. The summed E-state index contributed by atoms with van der Waals surface area (Å²) in [5, 5.41) is 1.47. The third-order valence-electron chi connectivity index (χ3n) is 7.06. The van der Waals surface area contributed by atoms with Crippen LogP contribution in [0.5, 0.6) is 0 Å². The molecule has 3 aromatic rings. The van der Waals surface area contributed by atoms with E-state index in [0.717, 1.165) is 37.7 Å². The minimum atomic E-state index is 0.572. The highest BCUT2D eigenvalue weighted by molar-refractivity contribution is 5.86. The number of likely N-dealkylation sites (N-methyl/N-ethyl adjacent to an activating group) is 1. The summed E-state index contributed by atoms with van der Waals surface area (Å²) in [5.74, 6) is 1.37. The zero-order chi connectivity index (χ0) is 19.3. The quantitative estimate of drug-likeness (QED) is 0.625. The molecule has 2 aliphatic rings. The number of pyridine rings is 1. The molecule has 0 saturated heterocycles. The maximum absolute atomic E-state index is 4.63. The fraction of sp³-hybridized carbons (Fsp3) is 0.480. The van der Waals surface area contributed by atoms with Crippen LogP contribution in [0, 0.1) is 19.8 Å². The van der Waals surface area contributed by atoms with Gasteiger partial charge >= 0.3 is 0 Å². The summed E-state index contributed by atoms with van der Waals surface area (Å²) in [7, 11) is 2.25. The van der Waals surface area contributed by atoms with Gasteiger partial charge in [-0.3, -0.25) is 4.98 Å². The Labute approximate surface area is 168 Å². The monoisotopic (exact) mass is 373 g/mol. The van der Waals surface area contributed by atoms with Gasteiger partial charge in [0, 0.05) is 60.5 Å². The zero-order valence-corrected chi connectivity index (χ0v) is 17.4. The van der Waals surface area contributed by atoms with Crippen molar-refractivity contribution in [2.24, 2.45) is 5.92 Å². The molecular formula is C25H31N3. The van der Waals surface area contributed by atoms with E-state index in [1.54, 1.807) is 11.3 Å². The molecule has 1 unspecified atom stereocenters. The first-order valence-corrected chi connectivity index (χ1v) is 10.8. The molecular weight excluding hydrogens is 342 g/mol. The second kappa shape index (κ2) is 7.04. The standard InChI is InChI=1S/C25H31N3/c1-17-7-10-24-21(13-17)23-15-27(3)12-11-25(23)28(24)16-22(19-5-4-6-19)20-9-8-18(2)26-14-20/h7-10,13-14,19,22H,4-6,11-12,15-16H2,1-3H3. The summed E-state index contributed by atoms with van der Waals surface area (Å²) in [6.07, 6.45) is 7.40. The van der Waals surface area contributed by atoms with E-state index in [1.807, 2.05) is 0 Å². The lowest BCUT2D eigenvalue weighted by Gasteiger charge is -2.35. The second-order valence-electron chi connectivity index (χ2n) is 9.07. The Morgan fingerprint density at radius 3 is 2.71 bits per heavy atom. The summed E-state index contributed by atoms with van der Waals surface area (Å²) in [4.78, 5) is 7.09. The highest BCUT2D eigenvalue weighted by Crippen LogP contribution is 2.42. The highest BCUT2D eigenvalue weighted by atomic mass is 15.1. The Bertz CT molecular complexity index is 995. The van der Waals surface area contributed by atoms with Gasteiger partial charge in [0.25, 0.3) is 0 Å². The average Bonchev–Trinajstić information content (AvgIpc) is 2.93. The molecule has 1 aliphatic carbocycles. The molecule has 0 spiro atoms. The van der Waals surface area contributed by atoms with Crippen LogP contribution < -0.4 is 0 Å². The number of rotatable bonds is 4. The van der Waals surface area contributed by atoms with Gasteiger partial charge in [-0.25, -0.2) is 0 Å². The van der Waals surface area contributed by atoms with E-state index >= 15 is 0 Å². The summed E-state index contributed by atoms with van der Waals surface area (Å²) in [6.45, 7) is 7.61. The zero-order valence-electron chi connectivity index (χ0n) is 17.4. The molecule has 0 radical (unpaired) electrons. The van der Waals surface area contributed by atoms with Crippen molar-refractivity contribution in [3.63, 3.8) is 0 Å². The van der Waals surface area contributed by atoms with Crippen LogP contribution in [0.15, 0.2) is 36.5 Å². The molecule has 1 aromatic carbocycles. The Balaban J connectivity index is 1.60. The molecule has 5 rings (SSSR count). The highest BCUT2D eigenvalue weighted by Gasteiger charge is 2.31. The van der Waals surface area contributed by atoms with Gasteiger partial charge < -0.3 is 9.47 Å². The Morgan fingerprint density at radius 2 is 2.00 bits per heavy atom. The molecule has 3 heteroatoms. The molecule has 0 bridgehead atoms. The van der Waals surface area contributed by atoms with Crippen molar-refractivity contribution in [3.8, 4) is 0 Å². The van der Waals surface area contributed by atoms with E-state index in [-0.39, 0.29) is 0 Å². The van der Waals surface area contributed by atoms with E-state index in [4.69, 9.17) is 0 Å². The van der Waals surface area contributed by atoms with Gasteiger partial charge in [0.05, 0.1) is 0 Å². The Hall–Kier alpha value is -2.13. The minimum absolute atomic E-state index is 0.572. The first kappa shape index (κ1) is 17.9. The van der Waals surface area contributed by atoms with E-state index in [2.05, 4.69) is 71.9 Å². The van der Waals surface area contributed by atoms with Crippen LogP contribution in [0.2, 0.25) is 0 Å². The molecule has 1 atom stereocenters. The SMILES string of the molecule is Cc1ccc2c(c1)c1c(n2CC(c2ccc(C)nc2)C2CCC2)CCN(C)C1. The van der Waals surface area contributed by atoms with E-state index in [9.17, 15) is 0 Å². The summed E-state index contributed by atoms with van der Waals surface area (Å²) in [6, 6.07) is 11.5. The lowest BCUT2D eigenvalue weighted by molar-refractivity contribution is 0.240. The molecule has 3 nitrogen and oxygen atoms in total. The number of fused-ring (bicyclic) bond motifs is 3. The van der Waals surface area contributed by atoms with Crippen molar-refractivity contribution >= 4 is 10.9 Å². The lowest BCUT2D eigenvalue weighted by Crippen LogP contribution is -2.29. The molecule has 3 heterocycles. The Morgan fingerprint density at radius 1 is 1.14 bits per heavy atom. The van der Waals surface area contributed by atoms with Crippen LogP contribution in [0.4, 0.5) is 0 Å². The first-order chi connectivity index (χ1) is 13.6. The van der Waals surface area contributed by atoms with Gasteiger partial charge in [-0.15, -0.1) is 0 Å². The summed E-state index contributed by atoms with van der Waals surface area (Å²) >= 11 is 0. The van der Waals surface area contributed by atoms with Gasteiger partial charge in [-0.05, 0) is 69.0 Å². The maximum Gasteiger partial charge on any atom is 0.0486 e. The lowest BCUT2D eigenvalue weighted by atomic mass is 9.73. The maximum atomic E-state index is 4.63. The third kappa shape index (κ3) is 3.06. The molecule has 1 fully saturated rings. The van der Waals surface area contributed by atoms with Gasteiger partial charge in [0.1, 0.15) is 0 Å².